The molecular formula is C16H15ClN2O2. The Kier molecular flexibility index (Phi) is 4.95. The Labute approximate surface area is 128 Å². The third kappa shape index (κ3) is 3.61. The maximum absolute atomic E-state index is 12.6. The standard InChI is InChI=1S/C16H15ClN2O2/c1-3-18-19(14-7-9-15(21-2)10-8-14)16(20)12-5-4-6-13(17)11-12/h3-11H,1-2H3. The van der Waals surface area contributed by atoms with Crippen LogP contribution in [-0.4, -0.2) is 19.2 Å². The van der Waals surface area contributed by atoms with Crippen LogP contribution in [0.15, 0.2) is 53.6 Å². The van der Waals surface area contributed by atoms with Gasteiger partial charge in [-0.2, -0.15) is 10.1 Å². The Morgan fingerprint density at radius 1 is 1.24 bits per heavy atom. The van der Waals surface area contributed by atoms with E-state index in [0.717, 1.165) is 5.75 Å². The summed E-state index contributed by atoms with van der Waals surface area (Å²) in [5, 5.41) is 5.97. The van der Waals surface area contributed by atoms with Crippen molar-refractivity contribution >= 4 is 29.4 Å². The van der Waals surface area contributed by atoms with E-state index in [0.29, 0.717) is 16.3 Å². The molecule has 0 atom stereocenters. The molecule has 108 valence electrons. The molecule has 0 aliphatic heterocycles. The highest BCUT2D eigenvalue weighted by Crippen LogP contribution is 2.22. The van der Waals surface area contributed by atoms with Crippen molar-refractivity contribution in [3.05, 3.63) is 59.1 Å². The minimum atomic E-state index is -0.249. The molecule has 2 aromatic rings. The third-order valence-corrected chi connectivity index (χ3v) is 3.05. The third-order valence-electron chi connectivity index (χ3n) is 2.81. The number of hydrogen-bond donors (Lipinski definition) is 0. The normalized spacial score (nSPS) is 10.6. The van der Waals surface area contributed by atoms with Crippen LogP contribution in [0.25, 0.3) is 0 Å². The minimum Gasteiger partial charge on any atom is -0.497 e. The minimum absolute atomic E-state index is 0.249. The summed E-state index contributed by atoms with van der Waals surface area (Å²) in [5.74, 6) is 0.468. The summed E-state index contributed by atoms with van der Waals surface area (Å²) in [4.78, 5) is 12.6. The van der Waals surface area contributed by atoms with Crippen molar-refractivity contribution in [3.8, 4) is 5.75 Å². The molecule has 0 aliphatic rings. The molecule has 0 saturated carbocycles. The van der Waals surface area contributed by atoms with E-state index in [4.69, 9.17) is 16.3 Å². The number of carbonyl (C=O) groups excluding carboxylic acids is 1. The highest BCUT2D eigenvalue weighted by Gasteiger charge is 2.17. The molecule has 0 unspecified atom stereocenters. The molecule has 0 aliphatic carbocycles. The molecule has 4 nitrogen and oxygen atoms in total. The first-order valence-electron chi connectivity index (χ1n) is 6.38. The lowest BCUT2D eigenvalue weighted by Crippen LogP contribution is -2.25. The summed E-state index contributed by atoms with van der Waals surface area (Å²) in [6.45, 7) is 1.75. The van der Waals surface area contributed by atoms with E-state index in [-0.39, 0.29) is 5.91 Å². The van der Waals surface area contributed by atoms with Gasteiger partial charge in [-0.25, -0.2) is 0 Å². The van der Waals surface area contributed by atoms with E-state index in [2.05, 4.69) is 5.10 Å². The number of hydrogen-bond acceptors (Lipinski definition) is 3. The molecule has 21 heavy (non-hydrogen) atoms. The first-order valence-corrected chi connectivity index (χ1v) is 6.76. The first kappa shape index (κ1) is 15.1. The van der Waals surface area contributed by atoms with Crippen LogP contribution in [0.4, 0.5) is 5.69 Å². The molecule has 0 heterocycles. The summed E-state index contributed by atoms with van der Waals surface area (Å²) < 4.78 is 5.11. The van der Waals surface area contributed by atoms with Crippen molar-refractivity contribution in [2.24, 2.45) is 5.10 Å². The van der Waals surface area contributed by atoms with Gasteiger partial charge in [0, 0.05) is 16.8 Å². The van der Waals surface area contributed by atoms with Gasteiger partial charge in [-0.3, -0.25) is 4.79 Å². The van der Waals surface area contributed by atoms with Crippen LogP contribution in [0.3, 0.4) is 0 Å². The topological polar surface area (TPSA) is 41.9 Å². The van der Waals surface area contributed by atoms with Crippen LogP contribution in [0, 0.1) is 0 Å². The predicted octanol–water partition coefficient (Wildman–Crippen LogP) is 4.00. The summed E-state index contributed by atoms with van der Waals surface area (Å²) in [5.41, 5.74) is 1.13. The van der Waals surface area contributed by atoms with Crippen LogP contribution in [0.2, 0.25) is 5.02 Å². The lowest BCUT2D eigenvalue weighted by atomic mass is 10.2. The van der Waals surface area contributed by atoms with E-state index in [1.54, 1.807) is 68.8 Å². The SMILES string of the molecule is CC=NN(C(=O)c1cccc(Cl)c1)c1ccc(OC)cc1. The monoisotopic (exact) mass is 302 g/mol. The van der Waals surface area contributed by atoms with Gasteiger partial charge in [-0.15, -0.1) is 0 Å². The number of nitrogens with zero attached hydrogens (tertiary/aromatic N) is 2. The van der Waals surface area contributed by atoms with Crippen LogP contribution < -0.4 is 9.75 Å². The number of rotatable bonds is 4. The smallest absolute Gasteiger partial charge is 0.278 e. The fourth-order valence-electron chi connectivity index (χ4n) is 1.82. The second kappa shape index (κ2) is 6.90. The Hall–Kier alpha value is -2.33. The number of ether oxygens (including phenoxy) is 1. The Balaban J connectivity index is 2.35. The zero-order chi connectivity index (χ0) is 15.2. The van der Waals surface area contributed by atoms with Gasteiger partial charge in [-0.1, -0.05) is 17.7 Å². The largest absolute Gasteiger partial charge is 0.497 e. The van der Waals surface area contributed by atoms with E-state index in [1.807, 2.05) is 0 Å². The van der Waals surface area contributed by atoms with Gasteiger partial charge < -0.3 is 4.74 Å². The van der Waals surface area contributed by atoms with E-state index in [9.17, 15) is 4.79 Å². The van der Waals surface area contributed by atoms with Gasteiger partial charge in [0.2, 0.25) is 0 Å². The first-order chi connectivity index (χ1) is 10.2. The van der Waals surface area contributed by atoms with Crippen molar-refractivity contribution < 1.29 is 9.53 Å². The van der Waals surface area contributed by atoms with E-state index in [1.165, 1.54) is 5.01 Å². The molecule has 2 rings (SSSR count). The lowest BCUT2D eigenvalue weighted by Gasteiger charge is -2.17. The molecule has 0 radical (unpaired) electrons. The van der Waals surface area contributed by atoms with Crippen molar-refractivity contribution in [1.29, 1.82) is 0 Å². The van der Waals surface area contributed by atoms with Crippen molar-refractivity contribution in [2.45, 2.75) is 6.92 Å². The maximum atomic E-state index is 12.6. The van der Waals surface area contributed by atoms with Gasteiger partial charge in [0.15, 0.2) is 0 Å². The average Bonchev–Trinajstić information content (AvgIpc) is 2.52. The Bertz CT molecular complexity index is 654. The number of amides is 1. The highest BCUT2D eigenvalue weighted by atomic mass is 35.5. The highest BCUT2D eigenvalue weighted by molar-refractivity contribution is 6.31. The Morgan fingerprint density at radius 2 is 1.95 bits per heavy atom. The molecule has 1 amide bonds. The predicted molar refractivity (Wildman–Crippen MR) is 85.4 cm³/mol. The van der Waals surface area contributed by atoms with Crippen molar-refractivity contribution in [2.75, 3.05) is 12.1 Å². The molecule has 5 heteroatoms. The van der Waals surface area contributed by atoms with Crippen LogP contribution in [0.1, 0.15) is 17.3 Å². The van der Waals surface area contributed by atoms with Gasteiger partial charge in [0.1, 0.15) is 5.75 Å². The molecule has 0 spiro atoms. The summed E-state index contributed by atoms with van der Waals surface area (Å²) in [7, 11) is 1.59. The van der Waals surface area contributed by atoms with Crippen molar-refractivity contribution in [3.63, 3.8) is 0 Å². The number of anilines is 1. The zero-order valence-electron chi connectivity index (χ0n) is 11.8. The molecule has 0 aromatic heterocycles. The summed E-state index contributed by atoms with van der Waals surface area (Å²) in [6, 6.07) is 13.9. The van der Waals surface area contributed by atoms with E-state index >= 15 is 0 Å². The second-order valence-corrected chi connectivity index (χ2v) is 4.64. The molecular weight excluding hydrogens is 288 g/mol. The van der Waals surface area contributed by atoms with Gasteiger partial charge in [0.25, 0.3) is 5.91 Å². The number of methoxy groups -OCH3 is 1. The molecule has 0 saturated heterocycles. The molecule has 0 fully saturated rings. The Morgan fingerprint density at radius 3 is 2.52 bits per heavy atom. The maximum Gasteiger partial charge on any atom is 0.278 e. The van der Waals surface area contributed by atoms with Gasteiger partial charge in [-0.05, 0) is 49.4 Å². The fraction of sp³-hybridized carbons (Fsp3) is 0.125. The molecule has 0 bridgehead atoms. The number of carbonyl (C=O) groups is 1. The van der Waals surface area contributed by atoms with E-state index < -0.39 is 0 Å². The molecule has 2 aromatic carbocycles. The number of benzene rings is 2. The lowest BCUT2D eigenvalue weighted by molar-refractivity contribution is 0.0988. The van der Waals surface area contributed by atoms with Gasteiger partial charge >= 0.3 is 0 Å². The second-order valence-electron chi connectivity index (χ2n) is 4.20. The average molecular weight is 303 g/mol. The summed E-state index contributed by atoms with van der Waals surface area (Å²) in [6.07, 6.45) is 1.56. The van der Waals surface area contributed by atoms with Crippen LogP contribution in [0.5, 0.6) is 5.75 Å². The van der Waals surface area contributed by atoms with Crippen molar-refractivity contribution in [1.82, 2.24) is 0 Å². The van der Waals surface area contributed by atoms with Gasteiger partial charge in [0.05, 0.1) is 12.8 Å². The number of hydrazone groups is 1. The quantitative estimate of drug-likeness (QED) is 0.633. The molecule has 0 N–H and O–H groups in total. The zero-order valence-corrected chi connectivity index (χ0v) is 12.5. The van der Waals surface area contributed by atoms with Crippen LogP contribution in [-0.2, 0) is 0 Å². The summed E-state index contributed by atoms with van der Waals surface area (Å²) >= 11 is 5.93. The van der Waals surface area contributed by atoms with Crippen LogP contribution >= 0.6 is 11.6 Å². The fourth-order valence-corrected chi connectivity index (χ4v) is 2.01. The number of halogens is 1.